The number of nitrogens with one attached hydrogen (secondary N) is 3. The molecule has 5 nitrogen and oxygen atoms in total. The molecule has 0 aliphatic carbocycles. The average molecular weight is 216 g/mol. The summed E-state index contributed by atoms with van der Waals surface area (Å²) in [6, 6.07) is 7.57. The topological polar surface area (TPSA) is 84.5 Å². The number of rotatable bonds is 2. The summed E-state index contributed by atoms with van der Waals surface area (Å²) in [5, 5.41) is 12.0. The first-order valence-corrected chi connectivity index (χ1v) is 4.92. The van der Waals surface area contributed by atoms with Crippen LogP contribution < -0.4 is 11.0 Å². The van der Waals surface area contributed by atoms with Gasteiger partial charge in [-0.1, -0.05) is 0 Å². The van der Waals surface area contributed by atoms with Gasteiger partial charge in [0.05, 0.1) is 17.1 Å². The Morgan fingerprint density at radius 2 is 2.00 bits per heavy atom. The van der Waals surface area contributed by atoms with E-state index in [4.69, 9.17) is 5.26 Å². The minimum absolute atomic E-state index is 0.230. The van der Waals surface area contributed by atoms with Crippen molar-refractivity contribution in [3.63, 3.8) is 0 Å². The van der Waals surface area contributed by atoms with Crippen LogP contribution in [0.15, 0.2) is 23.0 Å². The molecule has 1 heterocycles. The summed E-state index contributed by atoms with van der Waals surface area (Å²) in [6.45, 7) is 3.58. The Kier molecular flexibility index (Phi) is 2.20. The van der Waals surface area contributed by atoms with E-state index in [9.17, 15) is 4.79 Å². The molecule has 0 unspecified atom stereocenters. The smallest absolute Gasteiger partial charge is 0.323 e. The summed E-state index contributed by atoms with van der Waals surface area (Å²) >= 11 is 0. The molecule has 16 heavy (non-hydrogen) atoms. The highest BCUT2D eigenvalue weighted by Crippen LogP contribution is 2.18. The second-order valence-corrected chi connectivity index (χ2v) is 4.20. The third-order valence-corrected chi connectivity index (χ3v) is 2.25. The van der Waals surface area contributed by atoms with Gasteiger partial charge in [0.15, 0.2) is 0 Å². The number of aromatic amines is 2. The number of anilines is 1. The third-order valence-electron chi connectivity index (χ3n) is 2.25. The zero-order valence-electron chi connectivity index (χ0n) is 9.09. The monoisotopic (exact) mass is 216 g/mol. The van der Waals surface area contributed by atoms with Crippen molar-refractivity contribution in [2.75, 3.05) is 5.32 Å². The summed E-state index contributed by atoms with van der Waals surface area (Å²) < 4.78 is 0. The summed E-state index contributed by atoms with van der Waals surface area (Å²) in [6.07, 6.45) is 0. The van der Waals surface area contributed by atoms with E-state index < -0.39 is 5.54 Å². The zero-order valence-corrected chi connectivity index (χ0v) is 9.09. The maximum atomic E-state index is 11.1. The van der Waals surface area contributed by atoms with Crippen molar-refractivity contribution in [3.05, 3.63) is 28.7 Å². The first-order valence-electron chi connectivity index (χ1n) is 4.92. The van der Waals surface area contributed by atoms with Crippen molar-refractivity contribution in [3.8, 4) is 6.07 Å². The third kappa shape index (κ3) is 1.91. The predicted octanol–water partition coefficient (Wildman–Crippen LogP) is 1.57. The van der Waals surface area contributed by atoms with Crippen LogP contribution in [-0.2, 0) is 0 Å². The van der Waals surface area contributed by atoms with Crippen molar-refractivity contribution in [1.29, 1.82) is 5.26 Å². The highest BCUT2D eigenvalue weighted by molar-refractivity contribution is 5.78. The van der Waals surface area contributed by atoms with Gasteiger partial charge in [0.2, 0.25) is 0 Å². The van der Waals surface area contributed by atoms with E-state index in [0.29, 0.717) is 0 Å². The Balaban J connectivity index is 2.40. The lowest BCUT2D eigenvalue weighted by atomic mass is 10.1. The quantitative estimate of drug-likeness (QED) is 0.712. The second kappa shape index (κ2) is 3.42. The highest BCUT2D eigenvalue weighted by atomic mass is 16.1. The summed E-state index contributed by atoms with van der Waals surface area (Å²) in [5.41, 5.74) is 1.42. The zero-order chi connectivity index (χ0) is 11.8. The van der Waals surface area contributed by atoms with E-state index in [0.717, 1.165) is 16.7 Å². The van der Waals surface area contributed by atoms with Crippen molar-refractivity contribution in [2.45, 2.75) is 19.4 Å². The molecule has 5 heteroatoms. The number of aromatic nitrogens is 2. The van der Waals surface area contributed by atoms with E-state index >= 15 is 0 Å². The van der Waals surface area contributed by atoms with Crippen molar-refractivity contribution in [2.24, 2.45) is 0 Å². The minimum Gasteiger partial charge on any atom is -0.368 e. The van der Waals surface area contributed by atoms with Crippen LogP contribution in [0.1, 0.15) is 13.8 Å². The molecule has 0 saturated carbocycles. The number of hydrogen-bond donors (Lipinski definition) is 3. The Morgan fingerprint density at radius 1 is 1.31 bits per heavy atom. The molecule has 2 aromatic rings. The molecule has 0 aliphatic rings. The molecule has 1 aromatic heterocycles. The van der Waals surface area contributed by atoms with Gasteiger partial charge < -0.3 is 15.3 Å². The summed E-state index contributed by atoms with van der Waals surface area (Å²) in [7, 11) is 0. The maximum Gasteiger partial charge on any atom is 0.323 e. The van der Waals surface area contributed by atoms with Crippen LogP contribution in [0.5, 0.6) is 0 Å². The Labute approximate surface area is 92.1 Å². The fourth-order valence-corrected chi connectivity index (χ4v) is 1.50. The van der Waals surface area contributed by atoms with Gasteiger partial charge in [0, 0.05) is 5.69 Å². The van der Waals surface area contributed by atoms with Crippen LogP contribution in [-0.4, -0.2) is 15.5 Å². The van der Waals surface area contributed by atoms with Gasteiger partial charge in [-0.2, -0.15) is 5.26 Å². The number of nitriles is 1. The summed E-state index contributed by atoms with van der Waals surface area (Å²) in [5.74, 6) is 0. The fraction of sp³-hybridized carbons (Fsp3) is 0.273. The molecular formula is C11H12N4O. The standard InChI is InChI=1S/C11H12N4O/c1-11(2,6-12)15-7-3-4-8-9(5-7)14-10(16)13-8/h3-5,15H,1-2H3,(H2,13,14,16). The van der Waals surface area contributed by atoms with Gasteiger partial charge >= 0.3 is 5.69 Å². The van der Waals surface area contributed by atoms with E-state index in [2.05, 4.69) is 21.4 Å². The van der Waals surface area contributed by atoms with Gasteiger partial charge in [-0.15, -0.1) is 0 Å². The van der Waals surface area contributed by atoms with Gasteiger partial charge in [-0.25, -0.2) is 4.79 Å². The first kappa shape index (κ1) is 10.3. The van der Waals surface area contributed by atoms with Crippen LogP contribution in [0.2, 0.25) is 0 Å². The second-order valence-electron chi connectivity index (χ2n) is 4.20. The summed E-state index contributed by atoms with van der Waals surface area (Å²) in [4.78, 5) is 16.4. The van der Waals surface area contributed by atoms with E-state index in [1.54, 1.807) is 26.0 Å². The van der Waals surface area contributed by atoms with Crippen LogP contribution in [0.4, 0.5) is 5.69 Å². The Morgan fingerprint density at radius 3 is 2.69 bits per heavy atom. The SMILES string of the molecule is CC(C)(C#N)Nc1ccc2[nH]c(=O)[nH]c2c1. The van der Waals surface area contributed by atoms with Gasteiger partial charge in [0.25, 0.3) is 0 Å². The van der Waals surface area contributed by atoms with Gasteiger partial charge in [-0.05, 0) is 32.0 Å². The first-order chi connectivity index (χ1) is 7.50. The number of fused-ring (bicyclic) bond motifs is 1. The van der Waals surface area contributed by atoms with E-state index in [1.165, 1.54) is 0 Å². The lowest BCUT2D eigenvalue weighted by Gasteiger charge is -2.18. The Bertz CT molecular complexity index is 615. The number of hydrogen-bond acceptors (Lipinski definition) is 3. The molecule has 2 rings (SSSR count). The molecule has 0 amide bonds. The largest absolute Gasteiger partial charge is 0.368 e. The van der Waals surface area contributed by atoms with Gasteiger partial charge in [0.1, 0.15) is 5.54 Å². The molecule has 0 aliphatic heterocycles. The normalized spacial score (nSPS) is 11.3. The minimum atomic E-state index is -0.635. The van der Waals surface area contributed by atoms with Crippen LogP contribution in [0.25, 0.3) is 11.0 Å². The molecule has 0 bridgehead atoms. The molecule has 0 saturated heterocycles. The number of nitrogens with zero attached hydrogens (tertiary/aromatic N) is 1. The number of H-pyrrole nitrogens is 2. The molecule has 3 N–H and O–H groups in total. The van der Waals surface area contributed by atoms with Crippen LogP contribution in [0, 0.1) is 11.3 Å². The lowest BCUT2D eigenvalue weighted by molar-refractivity contribution is 0.729. The van der Waals surface area contributed by atoms with E-state index in [1.807, 2.05) is 6.07 Å². The number of imidazole rings is 1. The van der Waals surface area contributed by atoms with Crippen molar-refractivity contribution >= 4 is 16.7 Å². The van der Waals surface area contributed by atoms with Gasteiger partial charge in [-0.3, -0.25) is 0 Å². The highest BCUT2D eigenvalue weighted by Gasteiger charge is 2.15. The number of benzene rings is 1. The van der Waals surface area contributed by atoms with Crippen molar-refractivity contribution < 1.29 is 0 Å². The molecule has 0 atom stereocenters. The molecule has 0 fully saturated rings. The fourth-order valence-electron chi connectivity index (χ4n) is 1.50. The maximum absolute atomic E-state index is 11.1. The molecule has 1 aromatic carbocycles. The lowest BCUT2D eigenvalue weighted by Crippen LogP contribution is -2.28. The van der Waals surface area contributed by atoms with Crippen LogP contribution >= 0.6 is 0 Å². The van der Waals surface area contributed by atoms with E-state index in [-0.39, 0.29) is 5.69 Å². The van der Waals surface area contributed by atoms with Crippen LogP contribution in [0.3, 0.4) is 0 Å². The predicted molar refractivity (Wildman–Crippen MR) is 62.2 cm³/mol. The molecule has 82 valence electrons. The molecular weight excluding hydrogens is 204 g/mol. The van der Waals surface area contributed by atoms with Crippen molar-refractivity contribution in [1.82, 2.24) is 9.97 Å². The Hall–Kier alpha value is -2.22. The molecule has 0 radical (unpaired) electrons. The average Bonchev–Trinajstić information content (AvgIpc) is 2.57. The molecule has 0 spiro atoms.